The lowest BCUT2D eigenvalue weighted by Gasteiger charge is -2.08. The highest BCUT2D eigenvalue weighted by Gasteiger charge is 2.05. The van der Waals surface area contributed by atoms with Gasteiger partial charge < -0.3 is 4.42 Å². The minimum absolute atomic E-state index is 0.873. The molecule has 1 nitrogen and oxygen atoms in total. The van der Waals surface area contributed by atoms with E-state index in [9.17, 15) is 0 Å². The van der Waals surface area contributed by atoms with Crippen LogP contribution in [0.5, 0.6) is 0 Å². The van der Waals surface area contributed by atoms with Crippen molar-refractivity contribution in [3.05, 3.63) is 96.3 Å². The number of para-hydroxylation sites is 1. The maximum absolute atomic E-state index is 5.93. The minimum Gasteiger partial charge on any atom is -0.457 e. The average molecular weight is 320 g/mol. The van der Waals surface area contributed by atoms with E-state index in [0.717, 1.165) is 16.7 Å². The quantitative estimate of drug-likeness (QED) is 0.322. The predicted molar refractivity (Wildman–Crippen MR) is 107 cm³/mol. The molecule has 25 heavy (non-hydrogen) atoms. The largest absolute Gasteiger partial charge is 0.457 e. The molecule has 5 aromatic rings. The minimum atomic E-state index is 0.873. The van der Waals surface area contributed by atoms with E-state index in [1.807, 2.05) is 18.2 Å². The summed E-state index contributed by atoms with van der Waals surface area (Å²) in [6.45, 7) is 0. The zero-order valence-corrected chi connectivity index (χ0v) is 13.6. The van der Waals surface area contributed by atoms with Crippen LogP contribution in [0.3, 0.4) is 0 Å². The standard InChI is InChI=1S/C24H16O/c1-4-10-21-17(7-1)15-18-8-2-5-11-22(18)23(21)14-13-20-16-19-9-3-6-12-24(19)25-20/h1-16H/b14-13+. The van der Waals surface area contributed by atoms with Gasteiger partial charge in [0.25, 0.3) is 0 Å². The summed E-state index contributed by atoms with van der Waals surface area (Å²) in [7, 11) is 0. The molecule has 0 bridgehead atoms. The topological polar surface area (TPSA) is 13.1 Å². The van der Waals surface area contributed by atoms with Crippen molar-refractivity contribution in [1.29, 1.82) is 0 Å². The van der Waals surface area contributed by atoms with Gasteiger partial charge in [-0.2, -0.15) is 0 Å². The molecule has 0 N–H and O–H groups in total. The van der Waals surface area contributed by atoms with E-state index in [4.69, 9.17) is 4.42 Å². The fourth-order valence-corrected chi connectivity index (χ4v) is 3.48. The van der Waals surface area contributed by atoms with E-state index >= 15 is 0 Å². The fraction of sp³-hybridized carbons (Fsp3) is 0. The van der Waals surface area contributed by atoms with Gasteiger partial charge in [0.15, 0.2) is 0 Å². The third kappa shape index (κ3) is 2.41. The molecule has 0 amide bonds. The second-order valence-corrected chi connectivity index (χ2v) is 6.25. The maximum atomic E-state index is 5.93. The molecule has 0 saturated carbocycles. The first kappa shape index (κ1) is 14.1. The highest BCUT2D eigenvalue weighted by molar-refractivity contribution is 6.07. The van der Waals surface area contributed by atoms with Crippen LogP contribution in [-0.2, 0) is 0 Å². The normalized spacial score (nSPS) is 11.8. The monoisotopic (exact) mass is 320 g/mol. The average Bonchev–Trinajstić information content (AvgIpc) is 3.08. The molecule has 5 rings (SSSR count). The number of benzene rings is 4. The second kappa shape index (κ2) is 5.64. The Balaban J connectivity index is 1.72. The predicted octanol–water partition coefficient (Wildman–Crippen LogP) is 6.91. The van der Waals surface area contributed by atoms with Gasteiger partial charge in [0.2, 0.25) is 0 Å². The van der Waals surface area contributed by atoms with Crippen LogP contribution in [0.2, 0.25) is 0 Å². The van der Waals surface area contributed by atoms with Gasteiger partial charge in [0, 0.05) is 5.39 Å². The van der Waals surface area contributed by atoms with Crippen molar-refractivity contribution < 1.29 is 4.42 Å². The van der Waals surface area contributed by atoms with Crippen molar-refractivity contribution in [2.75, 3.05) is 0 Å². The molecule has 1 aromatic heterocycles. The van der Waals surface area contributed by atoms with Crippen molar-refractivity contribution >= 4 is 44.7 Å². The van der Waals surface area contributed by atoms with Crippen LogP contribution >= 0.6 is 0 Å². The first-order valence-corrected chi connectivity index (χ1v) is 8.46. The summed E-state index contributed by atoms with van der Waals surface area (Å²) < 4.78 is 5.93. The summed E-state index contributed by atoms with van der Waals surface area (Å²) in [5.41, 5.74) is 2.15. The van der Waals surface area contributed by atoms with E-state index in [1.54, 1.807) is 0 Å². The molecule has 0 aliphatic carbocycles. The van der Waals surface area contributed by atoms with Gasteiger partial charge in [0.1, 0.15) is 11.3 Å². The SMILES string of the molecule is C(=C\c1c2ccccc2cc2ccccc12)/c1cc2ccccc2o1. The molecule has 0 radical (unpaired) electrons. The second-order valence-electron chi connectivity index (χ2n) is 6.25. The Morgan fingerprint density at radius 3 is 1.84 bits per heavy atom. The summed E-state index contributed by atoms with van der Waals surface area (Å²) in [4.78, 5) is 0. The fourth-order valence-electron chi connectivity index (χ4n) is 3.48. The van der Waals surface area contributed by atoms with E-state index in [0.29, 0.717) is 0 Å². The van der Waals surface area contributed by atoms with Gasteiger partial charge in [-0.1, -0.05) is 72.8 Å². The number of hydrogen-bond donors (Lipinski definition) is 0. The van der Waals surface area contributed by atoms with Gasteiger partial charge in [0.05, 0.1) is 0 Å². The number of fused-ring (bicyclic) bond motifs is 3. The third-order valence-electron chi connectivity index (χ3n) is 4.67. The summed E-state index contributed by atoms with van der Waals surface area (Å²) >= 11 is 0. The molecule has 0 spiro atoms. The van der Waals surface area contributed by atoms with Crippen molar-refractivity contribution in [3.8, 4) is 0 Å². The van der Waals surface area contributed by atoms with Crippen molar-refractivity contribution in [1.82, 2.24) is 0 Å². The first-order chi connectivity index (χ1) is 12.4. The summed E-state index contributed by atoms with van der Waals surface area (Å²) in [6.07, 6.45) is 4.23. The highest BCUT2D eigenvalue weighted by Crippen LogP contribution is 2.30. The maximum Gasteiger partial charge on any atom is 0.134 e. The van der Waals surface area contributed by atoms with Gasteiger partial charge in [-0.15, -0.1) is 0 Å². The van der Waals surface area contributed by atoms with E-state index in [2.05, 4.69) is 78.9 Å². The molecule has 0 atom stereocenters. The summed E-state index contributed by atoms with van der Waals surface area (Å²) in [5.74, 6) is 0.873. The number of furan rings is 1. The highest BCUT2D eigenvalue weighted by atomic mass is 16.3. The smallest absolute Gasteiger partial charge is 0.134 e. The van der Waals surface area contributed by atoms with Crippen LogP contribution in [0.25, 0.3) is 44.7 Å². The Labute approximate surface area is 145 Å². The molecular formula is C24H16O. The molecule has 0 aliphatic heterocycles. The lowest BCUT2D eigenvalue weighted by Crippen LogP contribution is -1.83. The van der Waals surface area contributed by atoms with E-state index in [-0.39, 0.29) is 0 Å². The van der Waals surface area contributed by atoms with Crippen molar-refractivity contribution in [2.45, 2.75) is 0 Å². The van der Waals surface area contributed by atoms with Crippen LogP contribution in [0, 0.1) is 0 Å². The Morgan fingerprint density at radius 2 is 1.16 bits per heavy atom. The Hall–Kier alpha value is -3.32. The molecule has 4 aromatic carbocycles. The Bertz CT molecular complexity index is 1150. The van der Waals surface area contributed by atoms with Crippen LogP contribution in [0.4, 0.5) is 0 Å². The summed E-state index contributed by atoms with van der Waals surface area (Å²) in [5, 5.41) is 6.16. The van der Waals surface area contributed by atoms with Gasteiger partial charge in [-0.05, 0) is 51.4 Å². The van der Waals surface area contributed by atoms with Crippen molar-refractivity contribution in [3.63, 3.8) is 0 Å². The molecule has 0 fully saturated rings. The van der Waals surface area contributed by atoms with Gasteiger partial charge in [-0.25, -0.2) is 0 Å². The molecule has 1 heteroatoms. The van der Waals surface area contributed by atoms with Crippen molar-refractivity contribution in [2.24, 2.45) is 0 Å². The zero-order chi connectivity index (χ0) is 16.6. The molecule has 0 saturated heterocycles. The molecule has 118 valence electrons. The van der Waals surface area contributed by atoms with Crippen LogP contribution in [-0.4, -0.2) is 0 Å². The van der Waals surface area contributed by atoms with Gasteiger partial charge >= 0.3 is 0 Å². The van der Waals surface area contributed by atoms with Crippen LogP contribution in [0.1, 0.15) is 11.3 Å². The van der Waals surface area contributed by atoms with E-state index < -0.39 is 0 Å². The first-order valence-electron chi connectivity index (χ1n) is 8.46. The summed E-state index contributed by atoms with van der Waals surface area (Å²) in [6, 6.07) is 29.5. The number of hydrogen-bond acceptors (Lipinski definition) is 1. The Morgan fingerprint density at radius 1 is 0.560 bits per heavy atom. The number of rotatable bonds is 2. The van der Waals surface area contributed by atoms with Crippen LogP contribution in [0.15, 0.2) is 89.3 Å². The Kier molecular flexibility index (Phi) is 3.17. The van der Waals surface area contributed by atoms with E-state index in [1.165, 1.54) is 27.1 Å². The van der Waals surface area contributed by atoms with Crippen LogP contribution < -0.4 is 0 Å². The lowest BCUT2D eigenvalue weighted by molar-refractivity contribution is 0.604. The van der Waals surface area contributed by atoms with Gasteiger partial charge in [-0.3, -0.25) is 0 Å². The zero-order valence-electron chi connectivity index (χ0n) is 13.6. The molecule has 1 heterocycles. The molecule has 0 unspecified atom stereocenters. The third-order valence-corrected chi connectivity index (χ3v) is 4.67. The molecular weight excluding hydrogens is 304 g/mol. The molecule has 0 aliphatic rings. The lowest BCUT2D eigenvalue weighted by atomic mass is 9.96.